The standard InChI is InChI=1S/C25H20N2O3/c28-24-16-26(15-18-7-3-1-4-8-18)25(29)23-14-20-13-21(11-12-22(20)27(23)24)30-17-19-9-5-2-6-10-19/h1-14H,15-17H2. The first-order chi connectivity index (χ1) is 14.7. The lowest BCUT2D eigenvalue weighted by atomic mass is 10.2. The Kier molecular flexibility index (Phi) is 4.56. The summed E-state index contributed by atoms with van der Waals surface area (Å²) in [6.07, 6.45) is 0. The van der Waals surface area contributed by atoms with Gasteiger partial charge < -0.3 is 9.64 Å². The van der Waals surface area contributed by atoms with Crippen LogP contribution in [0, 0.1) is 0 Å². The highest BCUT2D eigenvalue weighted by Gasteiger charge is 2.31. The second-order valence-electron chi connectivity index (χ2n) is 7.40. The Labute approximate surface area is 174 Å². The Morgan fingerprint density at radius 3 is 2.23 bits per heavy atom. The molecule has 0 spiro atoms. The Morgan fingerprint density at radius 2 is 1.50 bits per heavy atom. The van der Waals surface area contributed by atoms with Crippen LogP contribution in [-0.2, 0) is 13.2 Å². The van der Waals surface area contributed by atoms with Gasteiger partial charge in [-0.25, -0.2) is 0 Å². The lowest BCUT2D eigenvalue weighted by Crippen LogP contribution is -2.43. The van der Waals surface area contributed by atoms with E-state index in [0.29, 0.717) is 24.6 Å². The van der Waals surface area contributed by atoms with Gasteiger partial charge in [-0.3, -0.25) is 14.2 Å². The second-order valence-corrected chi connectivity index (χ2v) is 7.40. The number of rotatable bonds is 5. The van der Waals surface area contributed by atoms with Gasteiger partial charge in [0, 0.05) is 11.9 Å². The Morgan fingerprint density at radius 1 is 0.800 bits per heavy atom. The van der Waals surface area contributed by atoms with Crippen molar-refractivity contribution >= 4 is 22.7 Å². The highest BCUT2D eigenvalue weighted by molar-refractivity contribution is 6.09. The number of benzene rings is 3. The molecule has 0 unspecified atom stereocenters. The maximum atomic E-state index is 13.1. The summed E-state index contributed by atoms with van der Waals surface area (Å²) in [6.45, 7) is 0.942. The molecule has 1 aliphatic heterocycles. The monoisotopic (exact) mass is 396 g/mol. The van der Waals surface area contributed by atoms with Crippen LogP contribution in [0.5, 0.6) is 5.75 Å². The van der Waals surface area contributed by atoms with E-state index in [-0.39, 0.29) is 18.4 Å². The Hall–Kier alpha value is -3.86. The van der Waals surface area contributed by atoms with Crippen LogP contribution in [0.4, 0.5) is 0 Å². The third-order valence-corrected chi connectivity index (χ3v) is 5.32. The van der Waals surface area contributed by atoms with Crippen molar-refractivity contribution in [1.82, 2.24) is 9.47 Å². The van der Waals surface area contributed by atoms with Crippen LogP contribution in [0.1, 0.15) is 26.4 Å². The molecule has 5 nitrogen and oxygen atoms in total. The van der Waals surface area contributed by atoms with E-state index in [4.69, 9.17) is 4.74 Å². The molecule has 2 heterocycles. The van der Waals surface area contributed by atoms with E-state index in [1.807, 2.05) is 78.9 Å². The summed E-state index contributed by atoms with van der Waals surface area (Å²) < 4.78 is 7.42. The van der Waals surface area contributed by atoms with Crippen molar-refractivity contribution < 1.29 is 14.3 Å². The summed E-state index contributed by atoms with van der Waals surface area (Å²) in [6, 6.07) is 27.0. The first kappa shape index (κ1) is 18.2. The average molecular weight is 396 g/mol. The molecule has 0 N–H and O–H groups in total. The molecule has 5 rings (SSSR count). The Bertz CT molecular complexity index is 1230. The van der Waals surface area contributed by atoms with Gasteiger partial charge in [0.1, 0.15) is 24.6 Å². The number of amides is 1. The minimum absolute atomic E-state index is 0.0662. The fourth-order valence-electron chi connectivity index (χ4n) is 3.85. The van der Waals surface area contributed by atoms with E-state index in [1.165, 1.54) is 4.57 Å². The van der Waals surface area contributed by atoms with E-state index < -0.39 is 0 Å². The van der Waals surface area contributed by atoms with Gasteiger partial charge in [0.15, 0.2) is 0 Å². The number of aromatic nitrogens is 1. The minimum atomic E-state index is -0.138. The molecular weight excluding hydrogens is 376 g/mol. The highest BCUT2D eigenvalue weighted by Crippen LogP contribution is 2.28. The summed E-state index contributed by atoms with van der Waals surface area (Å²) in [7, 11) is 0. The van der Waals surface area contributed by atoms with Crippen molar-refractivity contribution in [3.05, 3.63) is 102 Å². The summed E-state index contributed by atoms with van der Waals surface area (Å²) in [5.74, 6) is 0.463. The van der Waals surface area contributed by atoms with Gasteiger partial charge in [-0.1, -0.05) is 60.7 Å². The maximum absolute atomic E-state index is 13.1. The molecule has 0 saturated carbocycles. The molecule has 4 aromatic rings. The van der Waals surface area contributed by atoms with Crippen LogP contribution in [-0.4, -0.2) is 27.8 Å². The lowest BCUT2D eigenvalue weighted by Gasteiger charge is -2.27. The highest BCUT2D eigenvalue weighted by atomic mass is 16.5. The lowest BCUT2D eigenvalue weighted by molar-refractivity contribution is 0.0612. The first-order valence-electron chi connectivity index (χ1n) is 9.88. The van der Waals surface area contributed by atoms with Crippen molar-refractivity contribution in [2.45, 2.75) is 13.2 Å². The summed E-state index contributed by atoms with van der Waals surface area (Å²) >= 11 is 0. The predicted octanol–water partition coefficient (Wildman–Crippen LogP) is 4.52. The van der Waals surface area contributed by atoms with Crippen molar-refractivity contribution in [2.75, 3.05) is 6.54 Å². The third kappa shape index (κ3) is 3.35. The zero-order valence-corrected chi connectivity index (χ0v) is 16.3. The van der Waals surface area contributed by atoms with Crippen LogP contribution in [0.25, 0.3) is 10.9 Å². The molecule has 0 aliphatic carbocycles. The van der Waals surface area contributed by atoms with Crippen molar-refractivity contribution in [3.63, 3.8) is 0 Å². The van der Waals surface area contributed by atoms with E-state index in [2.05, 4.69) is 0 Å². The zero-order chi connectivity index (χ0) is 20.5. The molecule has 0 radical (unpaired) electrons. The van der Waals surface area contributed by atoms with E-state index in [1.54, 1.807) is 11.0 Å². The number of hydrogen-bond acceptors (Lipinski definition) is 3. The fraction of sp³-hybridized carbons (Fsp3) is 0.120. The zero-order valence-electron chi connectivity index (χ0n) is 16.3. The molecule has 3 aromatic carbocycles. The number of ether oxygens (including phenoxy) is 1. The van der Waals surface area contributed by atoms with E-state index in [0.717, 1.165) is 22.0 Å². The normalized spacial score (nSPS) is 13.5. The summed E-state index contributed by atoms with van der Waals surface area (Å²) in [4.78, 5) is 27.5. The second kappa shape index (κ2) is 7.52. The number of hydrogen-bond donors (Lipinski definition) is 0. The number of fused-ring (bicyclic) bond motifs is 3. The Balaban J connectivity index is 1.42. The molecule has 148 valence electrons. The van der Waals surface area contributed by atoms with Crippen molar-refractivity contribution in [2.24, 2.45) is 0 Å². The average Bonchev–Trinajstić information content (AvgIpc) is 3.17. The maximum Gasteiger partial charge on any atom is 0.271 e. The summed E-state index contributed by atoms with van der Waals surface area (Å²) in [5.41, 5.74) is 3.21. The van der Waals surface area contributed by atoms with Gasteiger partial charge in [0.05, 0.1) is 5.52 Å². The van der Waals surface area contributed by atoms with Gasteiger partial charge in [0.2, 0.25) is 0 Å². The minimum Gasteiger partial charge on any atom is -0.489 e. The van der Waals surface area contributed by atoms with Crippen molar-refractivity contribution in [1.29, 1.82) is 0 Å². The van der Waals surface area contributed by atoms with Crippen molar-refractivity contribution in [3.8, 4) is 5.75 Å². The largest absolute Gasteiger partial charge is 0.489 e. The first-order valence-corrected chi connectivity index (χ1v) is 9.88. The van der Waals surface area contributed by atoms with Crippen LogP contribution in [0.15, 0.2) is 84.9 Å². The smallest absolute Gasteiger partial charge is 0.271 e. The van der Waals surface area contributed by atoms with Gasteiger partial charge >= 0.3 is 0 Å². The van der Waals surface area contributed by atoms with E-state index in [9.17, 15) is 9.59 Å². The molecule has 0 saturated heterocycles. The SMILES string of the molecule is O=C1c2cc3cc(OCc4ccccc4)ccc3n2C(=O)CN1Cc1ccccc1. The predicted molar refractivity (Wildman–Crippen MR) is 115 cm³/mol. The van der Waals surface area contributed by atoms with Crippen LogP contribution in [0.3, 0.4) is 0 Å². The number of carbonyl (C=O) groups is 2. The van der Waals surface area contributed by atoms with Crippen LogP contribution >= 0.6 is 0 Å². The number of carbonyl (C=O) groups excluding carboxylic acids is 2. The number of nitrogens with zero attached hydrogens (tertiary/aromatic N) is 2. The summed E-state index contributed by atoms with van der Waals surface area (Å²) in [5, 5.41) is 0.818. The van der Waals surface area contributed by atoms with E-state index >= 15 is 0 Å². The molecule has 1 amide bonds. The molecule has 30 heavy (non-hydrogen) atoms. The molecule has 0 atom stereocenters. The van der Waals surface area contributed by atoms with Gasteiger partial charge in [-0.2, -0.15) is 0 Å². The topological polar surface area (TPSA) is 51.5 Å². The van der Waals surface area contributed by atoms with Gasteiger partial charge in [-0.15, -0.1) is 0 Å². The quantitative estimate of drug-likeness (QED) is 0.499. The molecule has 1 aromatic heterocycles. The third-order valence-electron chi connectivity index (χ3n) is 5.32. The molecule has 1 aliphatic rings. The molecule has 0 fully saturated rings. The fourth-order valence-corrected chi connectivity index (χ4v) is 3.85. The van der Waals surface area contributed by atoms with Crippen LogP contribution in [0.2, 0.25) is 0 Å². The molecular formula is C25H20N2O3. The molecule has 0 bridgehead atoms. The van der Waals surface area contributed by atoms with Gasteiger partial charge in [0.25, 0.3) is 11.8 Å². The molecule has 5 heteroatoms. The van der Waals surface area contributed by atoms with Gasteiger partial charge in [-0.05, 0) is 35.4 Å². The van der Waals surface area contributed by atoms with Crippen LogP contribution < -0.4 is 4.74 Å².